The maximum absolute atomic E-state index is 13.7. The Kier molecular flexibility index (Phi) is 4.61. The summed E-state index contributed by atoms with van der Waals surface area (Å²) in [6.45, 7) is 0. The highest BCUT2D eigenvalue weighted by atomic mass is 32.1. The van der Waals surface area contributed by atoms with E-state index in [1.807, 2.05) is 5.32 Å². The molecule has 1 aliphatic rings. The van der Waals surface area contributed by atoms with Crippen LogP contribution < -0.4 is 10.6 Å². The van der Waals surface area contributed by atoms with E-state index in [-0.39, 0.29) is 5.11 Å². The van der Waals surface area contributed by atoms with Gasteiger partial charge in [0.15, 0.2) is 28.4 Å². The Morgan fingerprint density at radius 2 is 1.52 bits per heavy atom. The maximum Gasteiger partial charge on any atom is 0.200 e. The van der Waals surface area contributed by atoms with Crippen LogP contribution in [0.2, 0.25) is 0 Å². The molecule has 0 fully saturated rings. The molecule has 0 aliphatic heterocycles. The Balaban J connectivity index is 1.83. The van der Waals surface area contributed by atoms with Crippen molar-refractivity contribution in [1.29, 1.82) is 0 Å². The molecule has 0 heterocycles. The van der Waals surface area contributed by atoms with Crippen molar-refractivity contribution >= 4 is 23.0 Å². The maximum atomic E-state index is 13.7. The molecule has 0 unspecified atom stereocenters. The summed E-state index contributed by atoms with van der Waals surface area (Å²) in [5, 5.41) is 14.3. The molecular weight excluding hydrogens is 363 g/mol. The fourth-order valence-corrected chi connectivity index (χ4v) is 2.98. The number of aliphatic hydroxyl groups excluding tert-OH is 1. The number of aliphatic hydroxyl groups is 1. The van der Waals surface area contributed by atoms with Crippen LogP contribution >= 0.6 is 12.2 Å². The first-order valence-corrected chi connectivity index (χ1v) is 7.57. The molecule has 2 aromatic carbocycles. The molecule has 3 N–H and O–H groups in total. The molecule has 2 aromatic rings. The minimum Gasteiger partial charge on any atom is -0.390 e. The van der Waals surface area contributed by atoms with Gasteiger partial charge in [-0.1, -0.05) is 24.3 Å². The van der Waals surface area contributed by atoms with Gasteiger partial charge in [-0.25, -0.2) is 22.0 Å². The third-order valence-electron chi connectivity index (χ3n) is 3.94. The lowest BCUT2D eigenvalue weighted by atomic mass is 10.1. The lowest BCUT2D eigenvalue weighted by Gasteiger charge is -2.21. The van der Waals surface area contributed by atoms with Crippen LogP contribution in [0.3, 0.4) is 0 Å². The number of hydrogen-bond acceptors (Lipinski definition) is 2. The predicted molar refractivity (Wildman–Crippen MR) is 84.5 cm³/mol. The molecule has 3 rings (SSSR count). The highest BCUT2D eigenvalue weighted by Gasteiger charge is 2.32. The third-order valence-corrected chi connectivity index (χ3v) is 4.16. The molecular formula is C16H11F5N2OS. The third kappa shape index (κ3) is 3.05. The van der Waals surface area contributed by atoms with Crippen LogP contribution in [0.25, 0.3) is 0 Å². The van der Waals surface area contributed by atoms with Crippen molar-refractivity contribution in [1.82, 2.24) is 5.32 Å². The summed E-state index contributed by atoms with van der Waals surface area (Å²) in [6.07, 6.45) is -0.507. The second-order valence-corrected chi connectivity index (χ2v) is 5.90. The van der Waals surface area contributed by atoms with Crippen molar-refractivity contribution in [3.05, 3.63) is 64.5 Å². The standard InChI is InChI=1S/C16H11F5N2OS/c17-9-10(18)12(20)15(13(21)11(9)19)23-16(25)22-14-7-4-2-1-3-6(7)5-8(14)24/h1-4,8,14,24H,5H2,(H2,22,23,25)/t8-,14+/m1/s1. The molecule has 0 saturated carbocycles. The van der Waals surface area contributed by atoms with Gasteiger partial charge >= 0.3 is 0 Å². The fraction of sp³-hybridized carbons (Fsp3) is 0.188. The molecule has 132 valence electrons. The minimum atomic E-state index is -2.25. The Hall–Kier alpha value is -2.26. The molecule has 2 atom stereocenters. The molecule has 9 heteroatoms. The number of rotatable bonds is 2. The summed E-state index contributed by atoms with van der Waals surface area (Å²) in [6, 6.07) is 6.41. The zero-order valence-electron chi connectivity index (χ0n) is 12.4. The van der Waals surface area contributed by atoms with Crippen LogP contribution in [0.4, 0.5) is 27.6 Å². The van der Waals surface area contributed by atoms with Crippen molar-refractivity contribution < 1.29 is 27.1 Å². The first-order valence-electron chi connectivity index (χ1n) is 7.16. The molecule has 0 aromatic heterocycles. The van der Waals surface area contributed by atoms with Gasteiger partial charge in [-0.2, -0.15) is 0 Å². The first-order chi connectivity index (χ1) is 11.8. The SMILES string of the molecule is O[C@@H]1Cc2ccccc2[C@@H]1NC(=S)Nc1c(F)c(F)c(F)c(F)c1F. The van der Waals surface area contributed by atoms with Gasteiger partial charge in [0, 0.05) is 6.42 Å². The lowest BCUT2D eigenvalue weighted by molar-refractivity contribution is 0.151. The van der Waals surface area contributed by atoms with Crippen LogP contribution in [0.1, 0.15) is 17.2 Å². The topological polar surface area (TPSA) is 44.3 Å². The Morgan fingerprint density at radius 1 is 0.960 bits per heavy atom. The van der Waals surface area contributed by atoms with Gasteiger partial charge in [0.25, 0.3) is 0 Å². The van der Waals surface area contributed by atoms with Crippen LogP contribution in [0, 0.1) is 29.1 Å². The zero-order chi connectivity index (χ0) is 18.3. The van der Waals surface area contributed by atoms with Gasteiger partial charge in [0.05, 0.1) is 12.1 Å². The van der Waals surface area contributed by atoms with E-state index in [2.05, 4.69) is 5.32 Å². The average molecular weight is 374 g/mol. The molecule has 0 saturated heterocycles. The summed E-state index contributed by atoms with van der Waals surface area (Å²) in [5.41, 5.74) is 0.345. The average Bonchev–Trinajstić information content (AvgIpc) is 2.91. The zero-order valence-corrected chi connectivity index (χ0v) is 13.2. The van der Waals surface area contributed by atoms with Gasteiger partial charge in [-0.15, -0.1) is 0 Å². The van der Waals surface area contributed by atoms with E-state index in [0.29, 0.717) is 6.42 Å². The summed E-state index contributed by atoms with van der Waals surface area (Å²) in [7, 11) is 0. The largest absolute Gasteiger partial charge is 0.390 e. The van der Waals surface area contributed by atoms with E-state index in [4.69, 9.17) is 12.2 Å². The number of anilines is 1. The van der Waals surface area contributed by atoms with Crippen LogP contribution in [-0.4, -0.2) is 16.3 Å². The molecule has 0 radical (unpaired) electrons. The van der Waals surface area contributed by atoms with Crippen molar-refractivity contribution in [3.8, 4) is 0 Å². The predicted octanol–water partition coefficient (Wildman–Crippen LogP) is 3.33. The van der Waals surface area contributed by atoms with E-state index in [1.165, 1.54) is 0 Å². The number of halogens is 5. The molecule has 25 heavy (non-hydrogen) atoms. The van der Waals surface area contributed by atoms with Crippen molar-refractivity contribution in [2.24, 2.45) is 0 Å². The Bertz CT molecular complexity index is 832. The normalized spacial score (nSPS) is 18.8. The highest BCUT2D eigenvalue weighted by molar-refractivity contribution is 7.80. The van der Waals surface area contributed by atoms with Crippen molar-refractivity contribution in [3.63, 3.8) is 0 Å². The second-order valence-electron chi connectivity index (χ2n) is 5.49. The monoisotopic (exact) mass is 374 g/mol. The molecule has 0 amide bonds. The van der Waals surface area contributed by atoms with Crippen LogP contribution in [-0.2, 0) is 6.42 Å². The van der Waals surface area contributed by atoms with Gasteiger partial charge < -0.3 is 15.7 Å². The van der Waals surface area contributed by atoms with E-state index in [9.17, 15) is 27.1 Å². The van der Waals surface area contributed by atoms with Crippen LogP contribution in [0.15, 0.2) is 24.3 Å². The van der Waals surface area contributed by atoms with Gasteiger partial charge in [0.1, 0.15) is 5.69 Å². The number of benzene rings is 2. The van der Waals surface area contributed by atoms with Gasteiger partial charge in [-0.3, -0.25) is 0 Å². The van der Waals surface area contributed by atoms with E-state index in [0.717, 1.165) is 11.1 Å². The minimum absolute atomic E-state index is 0.346. The number of thiocarbonyl (C=S) groups is 1. The highest BCUT2D eigenvalue weighted by Crippen LogP contribution is 2.32. The van der Waals surface area contributed by atoms with Crippen LogP contribution in [0.5, 0.6) is 0 Å². The summed E-state index contributed by atoms with van der Waals surface area (Å²) < 4.78 is 66.8. The van der Waals surface area contributed by atoms with E-state index in [1.54, 1.807) is 24.3 Å². The van der Waals surface area contributed by atoms with E-state index >= 15 is 0 Å². The Morgan fingerprint density at radius 3 is 2.16 bits per heavy atom. The summed E-state index contributed by atoms with van der Waals surface area (Å²) in [4.78, 5) is 0. The molecule has 3 nitrogen and oxygen atoms in total. The summed E-state index contributed by atoms with van der Waals surface area (Å²) in [5.74, 6) is -10.4. The quantitative estimate of drug-likeness (QED) is 0.327. The number of nitrogens with one attached hydrogen (secondary N) is 2. The summed E-state index contributed by atoms with van der Waals surface area (Å²) >= 11 is 4.89. The Labute approximate surface area is 144 Å². The van der Waals surface area contributed by atoms with Crippen molar-refractivity contribution in [2.45, 2.75) is 18.6 Å². The van der Waals surface area contributed by atoms with E-state index < -0.39 is 46.9 Å². The fourth-order valence-electron chi connectivity index (χ4n) is 2.75. The van der Waals surface area contributed by atoms with Gasteiger partial charge in [-0.05, 0) is 23.3 Å². The molecule has 0 spiro atoms. The molecule has 0 bridgehead atoms. The first kappa shape index (κ1) is 17.6. The second kappa shape index (κ2) is 6.57. The smallest absolute Gasteiger partial charge is 0.200 e. The molecule has 1 aliphatic carbocycles. The number of hydrogen-bond donors (Lipinski definition) is 3. The number of fused-ring (bicyclic) bond motifs is 1. The van der Waals surface area contributed by atoms with Crippen molar-refractivity contribution in [2.75, 3.05) is 5.32 Å². The van der Waals surface area contributed by atoms with Gasteiger partial charge in [0.2, 0.25) is 5.82 Å². The lowest BCUT2D eigenvalue weighted by Crippen LogP contribution is -2.37.